The third kappa shape index (κ3) is 6.61. The summed E-state index contributed by atoms with van der Waals surface area (Å²) in [5.41, 5.74) is 3.54. The van der Waals surface area contributed by atoms with Crippen LogP contribution in [0.3, 0.4) is 0 Å². The van der Waals surface area contributed by atoms with Crippen molar-refractivity contribution >= 4 is 25.6 Å². The molecular weight excluding hydrogens is 495 g/mol. The number of hydrogen-bond donors (Lipinski definition) is 4. The molecule has 0 aromatic heterocycles. The van der Waals surface area contributed by atoms with Gasteiger partial charge in [-0.1, -0.05) is 18.2 Å². The topological polar surface area (TPSA) is 182 Å². The van der Waals surface area contributed by atoms with E-state index < -0.39 is 69.1 Å². The quantitative estimate of drug-likeness (QED) is 0.252. The molecule has 1 unspecified atom stereocenters. The molecule has 1 fully saturated rings. The summed E-state index contributed by atoms with van der Waals surface area (Å²) in [6, 6.07) is 6.06. The number of rotatable bonds is 10. The van der Waals surface area contributed by atoms with Crippen LogP contribution in [-0.2, 0) is 23.4 Å². The molecule has 1 saturated heterocycles. The number of carbonyl (C=O) groups is 2. The van der Waals surface area contributed by atoms with E-state index in [9.17, 15) is 24.4 Å². The van der Waals surface area contributed by atoms with Gasteiger partial charge in [0.15, 0.2) is 6.23 Å². The van der Waals surface area contributed by atoms with Crippen LogP contribution in [0.2, 0.25) is 0 Å². The van der Waals surface area contributed by atoms with Gasteiger partial charge in [0.05, 0.1) is 14.1 Å². The Morgan fingerprint density at radius 2 is 2.08 bits per heavy atom. The second-order valence-corrected chi connectivity index (χ2v) is 10.6. The Bertz CT molecular complexity index is 1060. The van der Waals surface area contributed by atoms with Crippen LogP contribution in [0.25, 0.3) is 0 Å². The number of para-hydroxylation sites is 1. The summed E-state index contributed by atoms with van der Waals surface area (Å²) >= 11 is 0. The number of aliphatic hydroxyl groups is 2. The van der Waals surface area contributed by atoms with E-state index in [1.165, 1.54) is 26.0 Å². The molecule has 0 aliphatic carbocycles. The van der Waals surface area contributed by atoms with Crippen LogP contribution >= 0.6 is 7.75 Å². The lowest BCUT2D eigenvalue weighted by atomic mass is 9.96. The first kappa shape index (κ1) is 26.5. The maximum atomic E-state index is 13.6. The molecule has 2 aliphatic rings. The Balaban J connectivity index is 1.77. The number of esters is 1. The van der Waals surface area contributed by atoms with Gasteiger partial charge in [0.2, 0.25) is 0 Å². The van der Waals surface area contributed by atoms with E-state index in [4.69, 9.17) is 25.6 Å². The number of benzene rings is 1. The molecule has 2 aliphatic heterocycles. The van der Waals surface area contributed by atoms with Gasteiger partial charge in [0.1, 0.15) is 35.4 Å². The smallest absolute Gasteiger partial charge is 0.459 e. The van der Waals surface area contributed by atoms with Gasteiger partial charge < -0.3 is 29.9 Å². The zero-order chi connectivity index (χ0) is 27.5. The van der Waals surface area contributed by atoms with Gasteiger partial charge in [0, 0.05) is 12.9 Å². The number of hydrogen-bond acceptors (Lipinski definition) is 10. The number of nitrogens with zero attached hydrogens (tertiary/aromatic N) is 2. The minimum absolute atomic E-state index is 0.0329. The largest absolute Gasteiger partial charge is 0.462 e. The van der Waals surface area contributed by atoms with Crippen LogP contribution in [0.1, 0.15) is 35.5 Å². The number of nitrogens with two attached hydrogens (primary N) is 1. The van der Waals surface area contributed by atoms with E-state index in [-0.39, 0.29) is 18.0 Å². The Morgan fingerprint density at radius 1 is 1.42 bits per heavy atom. The average Bonchev–Trinajstić information content (AvgIpc) is 3.01. The zero-order valence-electron chi connectivity index (χ0n) is 21.4. The van der Waals surface area contributed by atoms with Crippen molar-refractivity contribution in [2.45, 2.75) is 70.3 Å². The first-order valence-electron chi connectivity index (χ1n) is 11.9. The number of aliphatic imine (C=N–C) groups is 1. The summed E-state index contributed by atoms with van der Waals surface area (Å²) in [4.78, 5) is 29.2. The van der Waals surface area contributed by atoms with Crippen LogP contribution in [-0.4, -0.2) is 82.3 Å². The fraction of sp³-hybridized carbons (Fsp3) is 0.591. The summed E-state index contributed by atoms with van der Waals surface area (Å²) < 4.78 is 43.7. The van der Waals surface area contributed by atoms with Gasteiger partial charge in [-0.25, -0.2) is 9.36 Å². The third-order valence-corrected chi connectivity index (χ3v) is 7.04. The number of aliphatic hydroxyl groups excluding tert-OH is 1. The molecule has 2 amide bonds. The van der Waals surface area contributed by atoms with Crippen LogP contribution in [0.4, 0.5) is 4.79 Å². The SMILES string of the molecule is [2H]C1CC(N)=NC(=O)N1[C@@H]1O[C@H](CO[P@@](=O)(N[C@@H](C)C(=O)OC(C)C)Oc2ccccc2)[C@@H](O)[C@@]1(C)O. The Hall–Kier alpha value is -2.54. The monoisotopic (exact) mass is 529 g/mol. The summed E-state index contributed by atoms with van der Waals surface area (Å²) in [6.07, 6.45) is -4.87. The Labute approximate surface area is 210 Å². The Kier molecular flexibility index (Phi) is 8.28. The molecule has 0 bridgehead atoms. The predicted octanol–water partition coefficient (Wildman–Crippen LogP) is 1.14. The number of nitrogens with one attached hydrogen (secondary N) is 1. The molecule has 36 heavy (non-hydrogen) atoms. The highest BCUT2D eigenvalue weighted by molar-refractivity contribution is 7.52. The maximum Gasteiger partial charge on any atom is 0.459 e. The van der Waals surface area contributed by atoms with Gasteiger partial charge in [-0.05, 0) is 39.8 Å². The fourth-order valence-corrected chi connectivity index (χ4v) is 5.08. The highest BCUT2D eigenvalue weighted by atomic mass is 31.2. The molecule has 13 nitrogen and oxygen atoms in total. The molecule has 3 rings (SSSR count). The molecule has 0 radical (unpaired) electrons. The van der Waals surface area contributed by atoms with Crippen molar-refractivity contribution < 1.29 is 44.3 Å². The molecule has 1 aromatic rings. The van der Waals surface area contributed by atoms with Crippen LogP contribution in [0, 0.1) is 0 Å². The zero-order valence-corrected chi connectivity index (χ0v) is 21.3. The number of amides is 2. The van der Waals surface area contributed by atoms with E-state index in [1.807, 2.05) is 0 Å². The molecule has 0 saturated carbocycles. The van der Waals surface area contributed by atoms with Gasteiger partial charge in [-0.15, -0.1) is 0 Å². The predicted molar refractivity (Wildman–Crippen MR) is 128 cm³/mol. The highest BCUT2D eigenvalue weighted by Crippen LogP contribution is 2.46. The van der Waals surface area contributed by atoms with Gasteiger partial charge >= 0.3 is 19.7 Å². The fourth-order valence-electron chi connectivity index (χ4n) is 3.58. The van der Waals surface area contributed by atoms with Crippen molar-refractivity contribution in [3.05, 3.63) is 30.3 Å². The molecule has 1 aromatic carbocycles. The summed E-state index contributed by atoms with van der Waals surface area (Å²) in [5.74, 6) is -0.554. The second kappa shape index (κ2) is 11.2. The molecule has 5 N–H and O–H groups in total. The van der Waals surface area contributed by atoms with Crippen LogP contribution < -0.4 is 15.3 Å². The van der Waals surface area contributed by atoms with Gasteiger partial charge in [-0.3, -0.25) is 14.2 Å². The number of urea groups is 1. The van der Waals surface area contributed by atoms with E-state index in [1.54, 1.807) is 32.0 Å². The van der Waals surface area contributed by atoms with Crippen molar-refractivity contribution in [3.63, 3.8) is 0 Å². The maximum absolute atomic E-state index is 13.6. The average molecular weight is 530 g/mol. The second-order valence-electron chi connectivity index (χ2n) is 8.91. The minimum Gasteiger partial charge on any atom is -0.462 e. The lowest BCUT2D eigenvalue weighted by Crippen LogP contribution is -2.56. The van der Waals surface area contributed by atoms with Gasteiger partial charge in [0.25, 0.3) is 0 Å². The third-order valence-electron chi connectivity index (χ3n) is 5.40. The molecule has 14 heteroatoms. The molecular formula is C22H33N4O9P. The lowest BCUT2D eigenvalue weighted by Gasteiger charge is -2.36. The van der Waals surface area contributed by atoms with E-state index in [2.05, 4.69) is 10.1 Å². The summed E-state index contributed by atoms with van der Waals surface area (Å²) in [6.45, 7) is 4.18. The van der Waals surface area contributed by atoms with Crippen molar-refractivity contribution in [1.82, 2.24) is 9.99 Å². The molecule has 2 heterocycles. The number of carbonyl (C=O) groups excluding carboxylic acids is 2. The van der Waals surface area contributed by atoms with Crippen molar-refractivity contribution in [2.75, 3.05) is 13.1 Å². The van der Waals surface area contributed by atoms with E-state index >= 15 is 0 Å². The van der Waals surface area contributed by atoms with Crippen LogP contribution in [0.15, 0.2) is 35.3 Å². The number of amidine groups is 1. The van der Waals surface area contributed by atoms with E-state index in [0.29, 0.717) is 0 Å². The van der Waals surface area contributed by atoms with Crippen LogP contribution in [0.5, 0.6) is 5.75 Å². The normalized spacial score (nSPS) is 31.4. The highest BCUT2D eigenvalue weighted by Gasteiger charge is 2.56. The van der Waals surface area contributed by atoms with E-state index in [0.717, 1.165) is 4.90 Å². The van der Waals surface area contributed by atoms with Gasteiger partial charge in [-0.2, -0.15) is 10.1 Å². The minimum atomic E-state index is -4.28. The lowest BCUT2D eigenvalue weighted by molar-refractivity contribution is -0.149. The van der Waals surface area contributed by atoms with Crippen molar-refractivity contribution in [1.29, 1.82) is 0 Å². The standard InChI is InChI=1S/C22H33N4O9P/c1-13(2)33-19(28)14(3)25-36(31,35-15-8-6-5-7-9-15)32-12-16-18(27)22(4,30)20(34-16)26-11-10-17(23)24-21(26)29/h5-9,13-14,16,18,20,27,30H,10-12H2,1-4H3,(H,25,31)(H2,23,24,29)/t14-,16+,18+,20+,22+,36-/m0/s1/i11D/t11?,14-,16+,18+,20+,22+,36-. The summed E-state index contributed by atoms with van der Waals surface area (Å²) in [5, 5.41) is 24.2. The molecule has 200 valence electrons. The first-order chi connectivity index (χ1) is 17.2. The first-order valence-corrected chi connectivity index (χ1v) is 12.9. The van der Waals surface area contributed by atoms with Crippen molar-refractivity contribution in [2.24, 2.45) is 10.7 Å². The Morgan fingerprint density at radius 3 is 2.69 bits per heavy atom. The molecule has 0 spiro atoms. The summed E-state index contributed by atoms with van der Waals surface area (Å²) in [7, 11) is -4.28. The van der Waals surface area contributed by atoms with Crippen molar-refractivity contribution in [3.8, 4) is 5.75 Å². The molecule has 7 atom stereocenters. The number of ether oxygens (including phenoxy) is 2.